The average Bonchev–Trinajstić information content (AvgIpc) is 2.21. The van der Waals surface area contributed by atoms with Gasteiger partial charge in [-0.05, 0) is 19.1 Å². The van der Waals surface area contributed by atoms with Gasteiger partial charge in [-0.1, -0.05) is 48.8 Å². The first-order chi connectivity index (χ1) is 6.36. The van der Waals surface area contributed by atoms with Crippen molar-refractivity contribution in [1.29, 1.82) is 0 Å². The van der Waals surface area contributed by atoms with E-state index in [1.54, 1.807) is 6.08 Å². The molecule has 0 amide bonds. The summed E-state index contributed by atoms with van der Waals surface area (Å²) in [5, 5.41) is 0. The van der Waals surface area contributed by atoms with Crippen LogP contribution in [0.2, 0.25) is 0 Å². The van der Waals surface area contributed by atoms with Crippen LogP contribution in [0.4, 0.5) is 0 Å². The van der Waals surface area contributed by atoms with E-state index in [1.807, 2.05) is 43.3 Å². The Morgan fingerprint density at radius 2 is 2.00 bits per heavy atom. The maximum atomic E-state index is 3.67. The van der Waals surface area contributed by atoms with E-state index in [-0.39, 0.29) is 0 Å². The molecule has 0 atom stereocenters. The molecule has 0 aliphatic rings. The van der Waals surface area contributed by atoms with Crippen molar-refractivity contribution in [3.63, 3.8) is 0 Å². The fourth-order valence-corrected chi connectivity index (χ4v) is 0.907. The van der Waals surface area contributed by atoms with Gasteiger partial charge in [0.25, 0.3) is 0 Å². The monoisotopic (exact) mass is 168 g/mol. The van der Waals surface area contributed by atoms with Crippen LogP contribution >= 0.6 is 0 Å². The first-order valence-corrected chi connectivity index (χ1v) is 4.22. The normalized spacial score (nSPS) is 10.1. The number of allylic oxidation sites excluding steroid dienone is 3. The van der Waals surface area contributed by atoms with Gasteiger partial charge in [0.1, 0.15) is 0 Å². The van der Waals surface area contributed by atoms with Crippen molar-refractivity contribution in [3.8, 4) is 11.8 Å². The molecule has 1 rings (SSSR count). The zero-order valence-electron chi connectivity index (χ0n) is 7.75. The zero-order valence-corrected chi connectivity index (χ0v) is 7.75. The third-order valence-electron chi connectivity index (χ3n) is 1.66. The third kappa shape index (κ3) is 3.01. The number of hydrogen-bond donors (Lipinski definition) is 0. The van der Waals surface area contributed by atoms with Gasteiger partial charge in [-0.2, -0.15) is 0 Å². The Kier molecular flexibility index (Phi) is 3.60. The highest BCUT2D eigenvalue weighted by Gasteiger charge is 1.82. The Hall–Kier alpha value is -1.74. The summed E-state index contributed by atoms with van der Waals surface area (Å²) >= 11 is 0. The van der Waals surface area contributed by atoms with Crippen molar-refractivity contribution < 1.29 is 0 Å². The van der Waals surface area contributed by atoms with Crippen LogP contribution in [0.3, 0.4) is 0 Å². The van der Waals surface area contributed by atoms with Crippen molar-refractivity contribution in [2.75, 3.05) is 0 Å². The molecule has 0 saturated carbocycles. The summed E-state index contributed by atoms with van der Waals surface area (Å²) in [5.74, 6) is 6.09. The Morgan fingerprint density at radius 3 is 2.54 bits per heavy atom. The van der Waals surface area contributed by atoms with Crippen LogP contribution in [0, 0.1) is 11.8 Å². The third-order valence-corrected chi connectivity index (χ3v) is 1.66. The molecule has 0 N–H and O–H groups in total. The summed E-state index contributed by atoms with van der Waals surface area (Å²) in [6, 6.07) is 9.92. The van der Waals surface area contributed by atoms with Crippen molar-refractivity contribution in [3.05, 3.63) is 60.2 Å². The summed E-state index contributed by atoms with van der Waals surface area (Å²) in [4.78, 5) is 0. The summed E-state index contributed by atoms with van der Waals surface area (Å²) in [7, 11) is 0. The molecule has 0 aromatic heterocycles. The minimum absolute atomic E-state index is 0.962. The molecule has 1 aromatic rings. The van der Waals surface area contributed by atoms with Gasteiger partial charge in [-0.3, -0.25) is 0 Å². The van der Waals surface area contributed by atoms with Gasteiger partial charge in [0.05, 0.1) is 0 Å². The quantitative estimate of drug-likeness (QED) is 0.446. The van der Waals surface area contributed by atoms with Crippen molar-refractivity contribution >= 4 is 0 Å². The smallest absolute Gasteiger partial charge is 0.0249 e. The van der Waals surface area contributed by atoms with Crippen molar-refractivity contribution in [2.24, 2.45) is 0 Å². The lowest BCUT2D eigenvalue weighted by atomic mass is 10.2. The predicted molar refractivity (Wildman–Crippen MR) is 57.3 cm³/mol. The van der Waals surface area contributed by atoms with Gasteiger partial charge in [0.2, 0.25) is 0 Å². The Bertz CT molecular complexity index is 358. The summed E-state index contributed by atoms with van der Waals surface area (Å²) in [6.45, 7) is 5.63. The van der Waals surface area contributed by atoms with Crippen LogP contribution in [0.15, 0.2) is 54.6 Å². The van der Waals surface area contributed by atoms with E-state index in [0.717, 1.165) is 11.1 Å². The van der Waals surface area contributed by atoms with E-state index in [2.05, 4.69) is 18.4 Å². The first-order valence-electron chi connectivity index (χ1n) is 4.22. The van der Waals surface area contributed by atoms with Crippen LogP contribution in [-0.4, -0.2) is 0 Å². The van der Waals surface area contributed by atoms with E-state index in [0.29, 0.717) is 0 Å². The molecule has 13 heavy (non-hydrogen) atoms. The zero-order chi connectivity index (χ0) is 9.52. The van der Waals surface area contributed by atoms with E-state index < -0.39 is 0 Å². The molecule has 0 fully saturated rings. The molecule has 1 aromatic carbocycles. The van der Waals surface area contributed by atoms with Gasteiger partial charge < -0.3 is 0 Å². The van der Waals surface area contributed by atoms with Crippen LogP contribution in [0.5, 0.6) is 0 Å². The highest BCUT2D eigenvalue weighted by molar-refractivity contribution is 5.43. The highest BCUT2D eigenvalue weighted by Crippen LogP contribution is 1.97. The lowest BCUT2D eigenvalue weighted by molar-refractivity contribution is 1.63. The molecule has 0 heteroatoms. The second-order valence-corrected chi connectivity index (χ2v) is 2.56. The fraction of sp³-hybridized carbons (Fsp3) is 0.0769. The Labute approximate surface area is 79.6 Å². The van der Waals surface area contributed by atoms with Crippen LogP contribution < -0.4 is 0 Å². The minimum atomic E-state index is 0.962. The van der Waals surface area contributed by atoms with Gasteiger partial charge in [-0.15, -0.1) is 0 Å². The fourth-order valence-electron chi connectivity index (χ4n) is 0.907. The van der Waals surface area contributed by atoms with E-state index >= 15 is 0 Å². The van der Waals surface area contributed by atoms with Gasteiger partial charge in [0, 0.05) is 11.1 Å². The summed E-state index contributed by atoms with van der Waals surface area (Å²) in [5.41, 5.74) is 1.99. The molecule has 0 heterocycles. The van der Waals surface area contributed by atoms with E-state index in [9.17, 15) is 0 Å². The molecule has 0 bridgehead atoms. The van der Waals surface area contributed by atoms with Crippen LogP contribution in [-0.2, 0) is 0 Å². The first kappa shape index (κ1) is 9.35. The Morgan fingerprint density at radius 1 is 1.31 bits per heavy atom. The van der Waals surface area contributed by atoms with E-state index in [4.69, 9.17) is 0 Å². The molecular formula is C13H12. The molecule has 0 unspecified atom stereocenters. The second-order valence-electron chi connectivity index (χ2n) is 2.56. The van der Waals surface area contributed by atoms with Crippen LogP contribution in [0.25, 0.3) is 0 Å². The minimum Gasteiger partial charge on any atom is -0.0978 e. The largest absolute Gasteiger partial charge is 0.0978 e. The molecule has 0 nitrogen and oxygen atoms in total. The summed E-state index contributed by atoms with van der Waals surface area (Å²) < 4.78 is 0. The van der Waals surface area contributed by atoms with Gasteiger partial charge in [-0.25, -0.2) is 0 Å². The second kappa shape index (κ2) is 5.00. The lowest BCUT2D eigenvalue weighted by Crippen LogP contribution is -1.72. The SMILES string of the molecule is C=C/C(C#Cc1ccccc1)=C/C. The van der Waals surface area contributed by atoms with Crippen molar-refractivity contribution in [2.45, 2.75) is 6.92 Å². The number of benzene rings is 1. The molecule has 0 aliphatic carbocycles. The molecule has 0 saturated heterocycles. The van der Waals surface area contributed by atoms with Gasteiger partial charge in [0.15, 0.2) is 0 Å². The Balaban J connectivity index is 2.84. The molecular weight excluding hydrogens is 156 g/mol. The standard InChI is InChI=1S/C13H12/c1-3-12(4-2)10-11-13-8-6-5-7-9-13/h3-9H,1H2,2H3/b12-4-. The number of rotatable bonds is 1. The number of hydrogen-bond acceptors (Lipinski definition) is 0. The average molecular weight is 168 g/mol. The molecule has 0 radical (unpaired) electrons. The van der Waals surface area contributed by atoms with Crippen molar-refractivity contribution in [1.82, 2.24) is 0 Å². The van der Waals surface area contributed by atoms with Crippen LogP contribution in [0.1, 0.15) is 12.5 Å². The maximum Gasteiger partial charge on any atom is 0.0249 e. The molecule has 64 valence electrons. The summed E-state index contributed by atoms with van der Waals surface area (Å²) in [6.07, 6.45) is 3.71. The molecule has 0 spiro atoms. The van der Waals surface area contributed by atoms with E-state index in [1.165, 1.54) is 0 Å². The lowest BCUT2D eigenvalue weighted by Gasteiger charge is -1.87. The highest BCUT2D eigenvalue weighted by atomic mass is 13.9. The maximum absolute atomic E-state index is 3.67. The topological polar surface area (TPSA) is 0 Å². The molecule has 0 aliphatic heterocycles. The van der Waals surface area contributed by atoms with Gasteiger partial charge >= 0.3 is 0 Å². The predicted octanol–water partition coefficient (Wildman–Crippen LogP) is 3.17.